The molecule has 2 nitrogen and oxygen atoms in total. The summed E-state index contributed by atoms with van der Waals surface area (Å²) >= 11 is 1.74. The summed E-state index contributed by atoms with van der Waals surface area (Å²) in [5, 5.41) is 7.55. The first-order valence-electron chi connectivity index (χ1n) is 7.32. The van der Waals surface area contributed by atoms with Crippen molar-refractivity contribution in [3.63, 3.8) is 0 Å². The van der Waals surface area contributed by atoms with Crippen molar-refractivity contribution in [2.24, 2.45) is 0 Å². The Morgan fingerprint density at radius 2 is 2.25 bits per heavy atom. The van der Waals surface area contributed by atoms with Crippen LogP contribution in [0.1, 0.15) is 35.6 Å². The molecular weight excluding hydrogens is 266 g/mol. The molecule has 0 aliphatic heterocycles. The van der Waals surface area contributed by atoms with Crippen LogP contribution in [0, 0.1) is 0 Å². The lowest BCUT2D eigenvalue weighted by atomic mass is 10.1. The number of aryl methyl sites for hydroxylation is 1. The second-order valence-electron chi connectivity index (χ2n) is 5.30. The van der Waals surface area contributed by atoms with Crippen molar-refractivity contribution in [2.45, 2.75) is 31.8 Å². The maximum atomic E-state index is 6.37. The van der Waals surface area contributed by atoms with Crippen molar-refractivity contribution in [2.75, 3.05) is 13.6 Å². The molecule has 0 fully saturated rings. The molecule has 1 aromatic heterocycles. The lowest BCUT2D eigenvalue weighted by Crippen LogP contribution is -2.16. The van der Waals surface area contributed by atoms with Gasteiger partial charge in [0.25, 0.3) is 0 Å². The highest BCUT2D eigenvalue weighted by molar-refractivity contribution is 7.07. The zero-order valence-corrected chi connectivity index (χ0v) is 12.7. The van der Waals surface area contributed by atoms with E-state index in [0.717, 1.165) is 25.1 Å². The first-order valence-corrected chi connectivity index (χ1v) is 8.27. The summed E-state index contributed by atoms with van der Waals surface area (Å²) in [6, 6.07) is 8.67. The lowest BCUT2D eigenvalue weighted by molar-refractivity contribution is 0.193. The highest BCUT2D eigenvalue weighted by Gasteiger charge is 2.19. The molecule has 0 spiro atoms. The second-order valence-corrected chi connectivity index (χ2v) is 6.08. The first-order chi connectivity index (χ1) is 9.88. The van der Waals surface area contributed by atoms with Crippen molar-refractivity contribution in [3.05, 3.63) is 51.7 Å². The van der Waals surface area contributed by atoms with E-state index in [2.05, 4.69) is 40.3 Å². The minimum Gasteiger partial charge on any atom is -0.485 e. The maximum absolute atomic E-state index is 6.37. The largest absolute Gasteiger partial charge is 0.485 e. The van der Waals surface area contributed by atoms with E-state index in [1.165, 1.54) is 29.5 Å². The Hall–Kier alpha value is -1.32. The number of fused-ring (bicyclic) bond motifs is 1. The molecule has 1 heterocycles. The number of ether oxygens (including phenoxy) is 1. The molecule has 3 rings (SSSR count). The van der Waals surface area contributed by atoms with Gasteiger partial charge in [0.1, 0.15) is 11.9 Å². The fourth-order valence-corrected chi connectivity index (χ4v) is 3.58. The molecule has 1 aliphatic carbocycles. The van der Waals surface area contributed by atoms with Gasteiger partial charge in [-0.2, -0.15) is 11.3 Å². The zero-order chi connectivity index (χ0) is 13.8. The molecule has 1 aliphatic rings. The Morgan fingerprint density at radius 3 is 3.05 bits per heavy atom. The van der Waals surface area contributed by atoms with Crippen molar-refractivity contribution < 1.29 is 4.74 Å². The van der Waals surface area contributed by atoms with E-state index in [4.69, 9.17) is 4.74 Å². The van der Waals surface area contributed by atoms with E-state index in [0.29, 0.717) is 0 Å². The molecule has 0 amide bonds. The predicted molar refractivity (Wildman–Crippen MR) is 84.7 cm³/mol. The molecule has 1 atom stereocenters. The average molecular weight is 287 g/mol. The highest BCUT2D eigenvalue weighted by Crippen LogP contribution is 2.34. The summed E-state index contributed by atoms with van der Waals surface area (Å²) in [6.07, 6.45) is 4.77. The SMILES string of the molecule is CNCC[C@H](Oc1cccc2c1CCC2)c1ccsc1. The fourth-order valence-electron chi connectivity index (χ4n) is 2.88. The van der Waals surface area contributed by atoms with E-state index in [1.54, 1.807) is 11.3 Å². The molecule has 106 valence electrons. The van der Waals surface area contributed by atoms with Gasteiger partial charge in [-0.15, -0.1) is 0 Å². The van der Waals surface area contributed by atoms with Gasteiger partial charge in [-0.25, -0.2) is 0 Å². The van der Waals surface area contributed by atoms with Crippen LogP contribution in [0.3, 0.4) is 0 Å². The van der Waals surface area contributed by atoms with Gasteiger partial charge in [-0.05, 0) is 66.9 Å². The number of rotatable bonds is 6. The van der Waals surface area contributed by atoms with E-state index in [-0.39, 0.29) is 6.10 Å². The number of hydrogen-bond acceptors (Lipinski definition) is 3. The van der Waals surface area contributed by atoms with Crippen molar-refractivity contribution in [1.82, 2.24) is 5.32 Å². The molecule has 0 unspecified atom stereocenters. The monoisotopic (exact) mass is 287 g/mol. The van der Waals surface area contributed by atoms with E-state index >= 15 is 0 Å². The third-order valence-corrected chi connectivity index (χ3v) is 4.65. The van der Waals surface area contributed by atoms with Gasteiger partial charge in [-0.3, -0.25) is 0 Å². The van der Waals surface area contributed by atoms with Gasteiger partial charge in [0.2, 0.25) is 0 Å². The summed E-state index contributed by atoms with van der Waals surface area (Å²) < 4.78 is 6.37. The lowest BCUT2D eigenvalue weighted by Gasteiger charge is -2.20. The van der Waals surface area contributed by atoms with E-state index in [1.807, 2.05) is 7.05 Å². The molecule has 0 bridgehead atoms. The fraction of sp³-hybridized carbons (Fsp3) is 0.412. The summed E-state index contributed by atoms with van der Waals surface area (Å²) in [5.41, 5.74) is 4.19. The van der Waals surface area contributed by atoms with Gasteiger partial charge in [-0.1, -0.05) is 12.1 Å². The minimum atomic E-state index is 0.154. The van der Waals surface area contributed by atoms with Crippen LogP contribution in [0.25, 0.3) is 0 Å². The molecule has 1 aromatic carbocycles. The van der Waals surface area contributed by atoms with Gasteiger partial charge in [0.15, 0.2) is 0 Å². The third-order valence-electron chi connectivity index (χ3n) is 3.94. The molecule has 1 N–H and O–H groups in total. The minimum absolute atomic E-state index is 0.154. The van der Waals surface area contributed by atoms with Crippen molar-refractivity contribution in [1.29, 1.82) is 0 Å². The number of nitrogens with one attached hydrogen (secondary N) is 1. The summed E-state index contributed by atoms with van der Waals surface area (Å²) in [7, 11) is 1.99. The van der Waals surface area contributed by atoms with Gasteiger partial charge < -0.3 is 10.1 Å². The standard InChI is InChI=1S/C17H21NOS/c1-18-10-8-16(14-9-11-20-12-14)19-17-7-3-5-13-4-2-6-15(13)17/h3,5,7,9,11-12,16,18H,2,4,6,8,10H2,1H3/t16-/m0/s1. The summed E-state index contributed by atoms with van der Waals surface area (Å²) in [4.78, 5) is 0. The Bertz CT molecular complexity index is 550. The third kappa shape index (κ3) is 2.89. The average Bonchev–Trinajstić information content (AvgIpc) is 3.14. The van der Waals surface area contributed by atoms with Crippen LogP contribution in [-0.2, 0) is 12.8 Å². The predicted octanol–water partition coefficient (Wildman–Crippen LogP) is 3.97. The van der Waals surface area contributed by atoms with Crippen LogP contribution in [0.15, 0.2) is 35.0 Å². The molecule has 2 aromatic rings. The first kappa shape index (κ1) is 13.7. The van der Waals surface area contributed by atoms with E-state index < -0.39 is 0 Å². The molecule has 0 radical (unpaired) electrons. The van der Waals surface area contributed by atoms with Crippen LogP contribution in [0.4, 0.5) is 0 Å². The van der Waals surface area contributed by atoms with Gasteiger partial charge >= 0.3 is 0 Å². The van der Waals surface area contributed by atoms with Crippen LogP contribution in [0.5, 0.6) is 5.75 Å². The molecular formula is C17H21NOS. The smallest absolute Gasteiger partial charge is 0.126 e. The summed E-state index contributed by atoms with van der Waals surface area (Å²) in [6.45, 7) is 0.968. The maximum Gasteiger partial charge on any atom is 0.126 e. The normalized spacial score (nSPS) is 15.1. The quantitative estimate of drug-likeness (QED) is 0.868. The highest BCUT2D eigenvalue weighted by atomic mass is 32.1. The Labute approximate surface area is 124 Å². The molecule has 3 heteroatoms. The van der Waals surface area contributed by atoms with Gasteiger partial charge in [0.05, 0.1) is 0 Å². The van der Waals surface area contributed by atoms with Crippen LogP contribution >= 0.6 is 11.3 Å². The Balaban J connectivity index is 1.81. The Kier molecular flexibility index (Phi) is 4.38. The van der Waals surface area contributed by atoms with Crippen LogP contribution < -0.4 is 10.1 Å². The zero-order valence-electron chi connectivity index (χ0n) is 11.9. The number of thiophene rings is 1. The van der Waals surface area contributed by atoms with Crippen LogP contribution in [-0.4, -0.2) is 13.6 Å². The Morgan fingerprint density at radius 1 is 1.30 bits per heavy atom. The summed E-state index contributed by atoms with van der Waals surface area (Å²) in [5.74, 6) is 1.09. The van der Waals surface area contributed by atoms with Crippen LogP contribution in [0.2, 0.25) is 0 Å². The number of benzene rings is 1. The molecule has 0 saturated heterocycles. The molecule has 0 saturated carbocycles. The molecule has 20 heavy (non-hydrogen) atoms. The second kappa shape index (κ2) is 6.42. The van der Waals surface area contributed by atoms with Crippen molar-refractivity contribution >= 4 is 11.3 Å². The van der Waals surface area contributed by atoms with E-state index in [9.17, 15) is 0 Å². The number of hydrogen-bond donors (Lipinski definition) is 1. The van der Waals surface area contributed by atoms with Crippen molar-refractivity contribution in [3.8, 4) is 5.75 Å². The van der Waals surface area contributed by atoms with Gasteiger partial charge in [0, 0.05) is 12.0 Å². The topological polar surface area (TPSA) is 21.3 Å².